The Morgan fingerprint density at radius 2 is 1.90 bits per heavy atom. The number of para-hydroxylation sites is 1. The summed E-state index contributed by atoms with van der Waals surface area (Å²) in [4.78, 5) is 7.00. The van der Waals surface area contributed by atoms with Gasteiger partial charge in [-0.1, -0.05) is 25.1 Å². The lowest BCUT2D eigenvalue weighted by molar-refractivity contribution is 0.121. The molecule has 1 aromatic heterocycles. The first-order valence-corrected chi connectivity index (χ1v) is 11.0. The van der Waals surface area contributed by atoms with Gasteiger partial charge in [-0.2, -0.15) is 0 Å². The van der Waals surface area contributed by atoms with E-state index in [9.17, 15) is 0 Å². The molecule has 1 aromatic carbocycles. The highest BCUT2D eigenvalue weighted by Crippen LogP contribution is 2.41. The van der Waals surface area contributed by atoms with Crippen LogP contribution in [0, 0.1) is 5.92 Å². The summed E-state index contributed by atoms with van der Waals surface area (Å²) in [6.45, 7) is 9.32. The number of anilines is 1. The number of aromatic nitrogens is 1. The van der Waals surface area contributed by atoms with Gasteiger partial charge in [-0.3, -0.25) is 0 Å². The van der Waals surface area contributed by atoms with Crippen molar-refractivity contribution in [1.82, 2.24) is 9.88 Å². The highest BCUT2D eigenvalue weighted by atomic mass is 16.6. The fourth-order valence-electron chi connectivity index (χ4n) is 4.53. The molecule has 2 aliphatic heterocycles. The molecule has 2 aliphatic rings. The zero-order valence-electron chi connectivity index (χ0n) is 17.6. The molecule has 0 saturated carbocycles. The number of pyridine rings is 1. The summed E-state index contributed by atoms with van der Waals surface area (Å²) in [7, 11) is 0. The quantitative estimate of drug-likeness (QED) is 0.745. The topological polar surface area (TPSA) is 46.6 Å². The lowest BCUT2D eigenvalue weighted by atomic mass is 9.86. The number of nitrogens with zero attached hydrogens (tertiary/aromatic N) is 2. The maximum atomic E-state index is 5.95. The lowest BCUT2D eigenvalue weighted by Gasteiger charge is -2.39. The number of nitrogens with one attached hydrogen (secondary N) is 1. The van der Waals surface area contributed by atoms with Crippen LogP contribution in [0.2, 0.25) is 0 Å². The monoisotopic (exact) mass is 395 g/mol. The number of benzene rings is 1. The summed E-state index contributed by atoms with van der Waals surface area (Å²) >= 11 is 0. The number of fused-ring (bicyclic) bond motifs is 1. The van der Waals surface area contributed by atoms with Crippen LogP contribution >= 0.6 is 0 Å². The molecule has 2 atom stereocenters. The molecule has 2 aromatic rings. The van der Waals surface area contributed by atoms with Gasteiger partial charge in [0.1, 0.15) is 19.0 Å². The van der Waals surface area contributed by atoms with Gasteiger partial charge in [0.25, 0.3) is 0 Å². The van der Waals surface area contributed by atoms with E-state index >= 15 is 0 Å². The van der Waals surface area contributed by atoms with Crippen molar-refractivity contribution in [3.8, 4) is 11.5 Å². The van der Waals surface area contributed by atoms with Crippen LogP contribution in [0.15, 0.2) is 42.6 Å². The minimum atomic E-state index is 0.566. The molecule has 0 aliphatic carbocycles. The van der Waals surface area contributed by atoms with Crippen LogP contribution in [0.4, 0.5) is 5.82 Å². The smallest absolute Gasteiger partial charge is 0.164 e. The molecule has 0 bridgehead atoms. The van der Waals surface area contributed by atoms with Crippen molar-refractivity contribution in [3.63, 3.8) is 0 Å². The Bertz CT molecular complexity index is 775. The number of rotatable bonds is 7. The molecule has 1 N–H and O–H groups in total. The van der Waals surface area contributed by atoms with Gasteiger partial charge in [0.15, 0.2) is 11.5 Å². The second-order valence-corrected chi connectivity index (χ2v) is 8.33. The van der Waals surface area contributed by atoms with Gasteiger partial charge in [0, 0.05) is 24.3 Å². The Hall–Kier alpha value is -2.27. The molecule has 0 spiro atoms. The van der Waals surface area contributed by atoms with Gasteiger partial charge in [-0.15, -0.1) is 0 Å². The van der Waals surface area contributed by atoms with Crippen LogP contribution in [0.1, 0.15) is 44.6 Å². The third-order valence-electron chi connectivity index (χ3n) is 6.54. The number of hydrogen-bond acceptors (Lipinski definition) is 5. The zero-order chi connectivity index (χ0) is 20.1. The van der Waals surface area contributed by atoms with Crippen molar-refractivity contribution in [2.45, 2.75) is 45.1 Å². The van der Waals surface area contributed by atoms with Gasteiger partial charge < -0.3 is 19.7 Å². The molecule has 29 heavy (non-hydrogen) atoms. The molecule has 5 heteroatoms. The molecule has 3 heterocycles. The van der Waals surface area contributed by atoms with Crippen molar-refractivity contribution in [2.24, 2.45) is 5.92 Å². The largest absolute Gasteiger partial charge is 0.486 e. The minimum absolute atomic E-state index is 0.566. The Balaban J connectivity index is 1.27. The standard InChI is InChI=1S/C24H33N3O2/c1-18(9-13-26-23-8-3-4-12-25-23)19(2)27-14-10-20(11-15-27)21-6-5-7-22-24(21)29-17-16-28-22/h3-8,12,18-20H,9-11,13-17H2,1-2H3,(H,25,26)/t18?,19-/m1/s1. The molecule has 4 rings (SSSR count). The number of piperidine rings is 1. The summed E-state index contributed by atoms with van der Waals surface area (Å²) in [6, 6.07) is 12.9. The Kier molecular flexibility index (Phi) is 6.55. The number of hydrogen-bond donors (Lipinski definition) is 1. The predicted octanol–water partition coefficient (Wildman–Crippen LogP) is 4.56. The Morgan fingerprint density at radius 1 is 1.07 bits per heavy atom. The summed E-state index contributed by atoms with van der Waals surface area (Å²) in [5.41, 5.74) is 1.34. The summed E-state index contributed by atoms with van der Waals surface area (Å²) < 4.78 is 11.7. The van der Waals surface area contributed by atoms with Crippen LogP contribution < -0.4 is 14.8 Å². The third kappa shape index (κ3) is 4.84. The van der Waals surface area contributed by atoms with Crippen molar-refractivity contribution >= 4 is 5.82 Å². The zero-order valence-corrected chi connectivity index (χ0v) is 17.6. The summed E-state index contributed by atoms with van der Waals surface area (Å²) in [5.74, 6) is 4.07. The van der Waals surface area contributed by atoms with Gasteiger partial charge in [-0.05, 0) is 69.3 Å². The van der Waals surface area contributed by atoms with Gasteiger partial charge in [0.2, 0.25) is 0 Å². The summed E-state index contributed by atoms with van der Waals surface area (Å²) in [5, 5.41) is 3.44. The van der Waals surface area contributed by atoms with E-state index in [1.807, 2.05) is 30.5 Å². The molecular formula is C24H33N3O2. The van der Waals surface area contributed by atoms with E-state index in [0.717, 1.165) is 43.4 Å². The fourth-order valence-corrected chi connectivity index (χ4v) is 4.53. The van der Waals surface area contributed by atoms with E-state index in [-0.39, 0.29) is 0 Å². The third-order valence-corrected chi connectivity index (χ3v) is 6.54. The van der Waals surface area contributed by atoms with E-state index in [0.29, 0.717) is 31.1 Å². The fraction of sp³-hybridized carbons (Fsp3) is 0.542. The van der Waals surface area contributed by atoms with Crippen molar-refractivity contribution in [2.75, 3.05) is 38.2 Å². The number of likely N-dealkylation sites (tertiary alicyclic amines) is 1. The van der Waals surface area contributed by atoms with Crippen LogP contribution in [0.25, 0.3) is 0 Å². The highest BCUT2D eigenvalue weighted by Gasteiger charge is 2.29. The van der Waals surface area contributed by atoms with Gasteiger partial charge >= 0.3 is 0 Å². The summed E-state index contributed by atoms with van der Waals surface area (Å²) in [6.07, 6.45) is 5.35. The second kappa shape index (κ2) is 9.49. The van der Waals surface area contributed by atoms with E-state index in [1.165, 1.54) is 18.4 Å². The Labute approximate surface area is 174 Å². The molecular weight excluding hydrogens is 362 g/mol. The van der Waals surface area contributed by atoms with Crippen molar-refractivity contribution in [3.05, 3.63) is 48.2 Å². The molecule has 1 fully saturated rings. The van der Waals surface area contributed by atoms with Crippen molar-refractivity contribution in [1.29, 1.82) is 0 Å². The molecule has 0 radical (unpaired) electrons. The van der Waals surface area contributed by atoms with E-state index in [1.54, 1.807) is 0 Å². The molecule has 1 saturated heterocycles. The van der Waals surface area contributed by atoms with Crippen LogP contribution in [0.5, 0.6) is 11.5 Å². The van der Waals surface area contributed by atoms with Crippen LogP contribution in [0.3, 0.4) is 0 Å². The van der Waals surface area contributed by atoms with Crippen molar-refractivity contribution < 1.29 is 9.47 Å². The first-order valence-electron chi connectivity index (χ1n) is 11.0. The predicted molar refractivity (Wildman–Crippen MR) is 117 cm³/mol. The molecule has 0 amide bonds. The lowest BCUT2D eigenvalue weighted by Crippen LogP contribution is -2.43. The second-order valence-electron chi connectivity index (χ2n) is 8.33. The van der Waals surface area contributed by atoms with Crippen LogP contribution in [-0.2, 0) is 0 Å². The average Bonchev–Trinajstić information content (AvgIpc) is 2.79. The maximum absolute atomic E-state index is 5.95. The van der Waals surface area contributed by atoms with Gasteiger partial charge in [-0.25, -0.2) is 4.98 Å². The molecule has 1 unspecified atom stereocenters. The maximum Gasteiger partial charge on any atom is 0.164 e. The first kappa shape index (κ1) is 20.0. The SMILES string of the molecule is CC(CCNc1ccccn1)[C@@H](C)N1CCC(c2cccc3c2OCCO3)CC1. The number of ether oxygens (including phenoxy) is 2. The van der Waals surface area contributed by atoms with Gasteiger partial charge in [0.05, 0.1) is 0 Å². The minimum Gasteiger partial charge on any atom is -0.486 e. The van der Waals surface area contributed by atoms with E-state index in [4.69, 9.17) is 9.47 Å². The van der Waals surface area contributed by atoms with Crippen LogP contribution in [-0.4, -0.2) is 48.8 Å². The average molecular weight is 396 g/mol. The molecule has 5 nitrogen and oxygen atoms in total. The Morgan fingerprint density at radius 3 is 2.69 bits per heavy atom. The highest BCUT2D eigenvalue weighted by molar-refractivity contribution is 5.49. The van der Waals surface area contributed by atoms with E-state index < -0.39 is 0 Å². The first-order chi connectivity index (χ1) is 14.2. The van der Waals surface area contributed by atoms with E-state index in [2.05, 4.69) is 41.2 Å². The molecule has 156 valence electrons. The normalized spacial score (nSPS) is 19.5.